The quantitative estimate of drug-likeness (QED) is 0.176. The maximum absolute atomic E-state index is 10.6. The average Bonchev–Trinajstić information content (AvgIpc) is 2.55. The molecule has 0 aromatic carbocycles. The van der Waals surface area contributed by atoms with Gasteiger partial charge in [0.2, 0.25) is 0 Å². The van der Waals surface area contributed by atoms with Gasteiger partial charge in [-0.1, -0.05) is 84.5 Å². The first-order valence-electron chi connectivity index (χ1n) is 10.3. The van der Waals surface area contributed by atoms with Crippen LogP contribution < -0.4 is 0 Å². The van der Waals surface area contributed by atoms with Crippen LogP contribution in [-0.2, 0) is 13.8 Å². The Morgan fingerprint density at radius 2 is 1.31 bits per heavy atom. The molecule has 0 radical (unpaired) electrons. The van der Waals surface area contributed by atoms with Crippen LogP contribution in [-0.4, -0.2) is 59.2 Å². The van der Waals surface area contributed by atoms with Gasteiger partial charge in [0, 0.05) is 6.61 Å². The van der Waals surface area contributed by atoms with E-state index in [0.717, 1.165) is 12.8 Å². The minimum absolute atomic E-state index is 0. The topological polar surface area (TPSA) is 76.0 Å². The molecule has 0 amide bonds. The molecule has 7 heteroatoms. The van der Waals surface area contributed by atoms with Crippen molar-refractivity contribution >= 4 is 37.4 Å². The Morgan fingerprint density at radius 3 is 1.81 bits per heavy atom. The Balaban J connectivity index is 0. The van der Waals surface area contributed by atoms with E-state index in [4.69, 9.17) is 14.5 Å². The molecule has 154 valence electrons. The summed E-state index contributed by atoms with van der Waals surface area (Å²) in [6.07, 6.45) is 17.0. The van der Waals surface area contributed by atoms with Crippen molar-refractivity contribution in [1.82, 2.24) is 0 Å². The molecule has 0 bridgehead atoms. The van der Waals surface area contributed by atoms with Gasteiger partial charge in [0.05, 0.1) is 13.2 Å². The number of ether oxygens (including phenoxy) is 1. The summed E-state index contributed by atoms with van der Waals surface area (Å²) in [5.41, 5.74) is 0. The van der Waals surface area contributed by atoms with Crippen LogP contribution in [0.3, 0.4) is 0 Å². The van der Waals surface area contributed by atoms with Crippen LogP contribution >= 0.6 is 7.82 Å². The van der Waals surface area contributed by atoms with Gasteiger partial charge in [0.25, 0.3) is 0 Å². The van der Waals surface area contributed by atoms with Crippen molar-refractivity contribution in [2.24, 2.45) is 5.92 Å². The molecule has 0 saturated heterocycles. The zero-order valence-electron chi connectivity index (χ0n) is 16.5. The Morgan fingerprint density at radius 1 is 0.769 bits per heavy atom. The summed E-state index contributed by atoms with van der Waals surface area (Å²) < 4.78 is 20.5. The number of phosphoric acid groups is 1. The van der Waals surface area contributed by atoms with E-state index in [-0.39, 0.29) is 42.8 Å². The van der Waals surface area contributed by atoms with Gasteiger partial charge in [-0.2, -0.15) is 0 Å². The fraction of sp³-hybridized carbons (Fsp3) is 1.00. The third-order valence-corrected chi connectivity index (χ3v) is 5.02. The summed E-state index contributed by atoms with van der Waals surface area (Å²) in [6, 6.07) is 0. The van der Waals surface area contributed by atoms with Crippen LogP contribution in [0, 0.1) is 5.92 Å². The first kappa shape index (κ1) is 29.3. The fourth-order valence-electron chi connectivity index (χ4n) is 3.10. The molecule has 26 heavy (non-hydrogen) atoms. The van der Waals surface area contributed by atoms with Crippen LogP contribution in [0.25, 0.3) is 0 Å². The van der Waals surface area contributed by atoms with Crippen LogP contribution in [0.2, 0.25) is 0 Å². The van der Waals surface area contributed by atoms with E-state index in [9.17, 15) is 4.57 Å². The summed E-state index contributed by atoms with van der Waals surface area (Å²) in [7, 11) is -4.36. The maximum atomic E-state index is 10.6. The SMILES string of the molecule is CCCCCCCCCCCCC(CCC)COCCOP(=O)(O)O.[NaH]. The molecule has 1 unspecified atom stereocenters. The van der Waals surface area contributed by atoms with Crippen LogP contribution in [0.15, 0.2) is 0 Å². The Bertz CT molecular complexity index is 325. The standard InChI is InChI=1S/C19H41O5P.Na.H/c1-3-5-6-7-8-9-10-11-12-13-15-19(14-4-2)18-23-16-17-24-25(20,21)22;;/h19H,3-18H2,1-2H3,(H2,20,21,22);;. The van der Waals surface area contributed by atoms with Crippen molar-refractivity contribution in [1.29, 1.82) is 0 Å². The second-order valence-corrected chi connectivity index (χ2v) is 8.26. The summed E-state index contributed by atoms with van der Waals surface area (Å²) in [4.78, 5) is 17.2. The van der Waals surface area contributed by atoms with Gasteiger partial charge < -0.3 is 14.5 Å². The number of unbranched alkanes of at least 4 members (excludes halogenated alkanes) is 9. The van der Waals surface area contributed by atoms with E-state index >= 15 is 0 Å². The van der Waals surface area contributed by atoms with E-state index < -0.39 is 7.82 Å². The summed E-state index contributed by atoms with van der Waals surface area (Å²) in [5, 5.41) is 0. The molecule has 0 fully saturated rings. The van der Waals surface area contributed by atoms with Crippen LogP contribution in [0.4, 0.5) is 0 Å². The van der Waals surface area contributed by atoms with Crippen molar-refractivity contribution in [2.75, 3.05) is 19.8 Å². The van der Waals surface area contributed by atoms with Crippen molar-refractivity contribution in [3.63, 3.8) is 0 Å². The normalized spacial score (nSPS) is 12.8. The van der Waals surface area contributed by atoms with Gasteiger partial charge >= 0.3 is 37.4 Å². The van der Waals surface area contributed by atoms with E-state index in [2.05, 4.69) is 18.4 Å². The van der Waals surface area contributed by atoms with E-state index in [1.165, 1.54) is 70.6 Å². The predicted octanol–water partition coefficient (Wildman–Crippen LogP) is 5.19. The Labute approximate surface area is 183 Å². The van der Waals surface area contributed by atoms with Gasteiger partial charge in [-0.3, -0.25) is 4.52 Å². The second kappa shape index (κ2) is 20.8. The molecule has 5 nitrogen and oxygen atoms in total. The summed E-state index contributed by atoms with van der Waals surface area (Å²) in [6.45, 7) is 5.29. The zero-order chi connectivity index (χ0) is 18.8. The molecule has 0 heterocycles. The number of phosphoric ester groups is 1. The Kier molecular flexibility index (Phi) is 23.4. The number of hydrogen-bond donors (Lipinski definition) is 2. The molecule has 0 aromatic rings. The first-order valence-corrected chi connectivity index (χ1v) is 11.8. The van der Waals surface area contributed by atoms with E-state index in [0.29, 0.717) is 12.5 Å². The molecule has 0 spiro atoms. The number of hydrogen-bond acceptors (Lipinski definition) is 3. The fourth-order valence-corrected chi connectivity index (χ4v) is 3.42. The van der Waals surface area contributed by atoms with Crippen molar-refractivity contribution < 1.29 is 23.6 Å². The average molecular weight is 405 g/mol. The first-order chi connectivity index (χ1) is 12.0. The second-order valence-electron chi connectivity index (χ2n) is 7.02. The molecule has 0 aromatic heterocycles. The molecule has 0 aliphatic rings. The molecule has 0 rings (SSSR count). The van der Waals surface area contributed by atoms with Crippen molar-refractivity contribution in [3.05, 3.63) is 0 Å². The van der Waals surface area contributed by atoms with E-state index in [1.54, 1.807) is 0 Å². The molecule has 0 aliphatic carbocycles. The Hall–Kier alpha value is 1.07. The van der Waals surface area contributed by atoms with Gasteiger partial charge in [0.1, 0.15) is 0 Å². The molecule has 2 N–H and O–H groups in total. The van der Waals surface area contributed by atoms with Gasteiger partial charge in [0.15, 0.2) is 0 Å². The molecular weight excluding hydrogens is 362 g/mol. The summed E-state index contributed by atoms with van der Waals surface area (Å²) >= 11 is 0. The van der Waals surface area contributed by atoms with E-state index in [1.807, 2.05) is 0 Å². The molecule has 0 saturated carbocycles. The van der Waals surface area contributed by atoms with Gasteiger partial charge in [-0.05, 0) is 18.8 Å². The molecule has 0 aliphatic heterocycles. The predicted molar refractivity (Wildman–Crippen MR) is 111 cm³/mol. The van der Waals surface area contributed by atoms with Crippen molar-refractivity contribution in [2.45, 2.75) is 97.3 Å². The third-order valence-electron chi connectivity index (χ3n) is 4.50. The van der Waals surface area contributed by atoms with Gasteiger partial charge in [-0.25, -0.2) is 4.57 Å². The van der Waals surface area contributed by atoms with Crippen molar-refractivity contribution in [3.8, 4) is 0 Å². The third kappa shape index (κ3) is 23.1. The minimum atomic E-state index is -4.36. The van der Waals surface area contributed by atoms with Crippen LogP contribution in [0.5, 0.6) is 0 Å². The molecule has 1 atom stereocenters. The zero-order valence-corrected chi connectivity index (χ0v) is 17.4. The summed E-state index contributed by atoms with van der Waals surface area (Å²) in [5.74, 6) is 0.550. The van der Waals surface area contributed by atoms with Crippen LogP contribution in [0.1, 0.15) is 97.3 Å². The monoisotopic (exact) mass is 404 g/mol. The molecular formula is C19H42NaO5P. The number of rotatable bonds is 19. The van der Waals surface area contributed by atoms with Gasteiger partial charge in [-0.15, -0.1) is 0 Å².